The number of thiophene rings is 1. The van der Waals surface area contributed by atoms with Gasteiger partial charge in [0.2, 0.25) is 5.91 Å². The molecule has 0 aliphatic carbocycles. The highest BCUT2D eigenvalue weighted by Crippen LogP contribution is 2.35. The van der Waals surface area contributed by atoms with Gasteiger partial charge in [0, 0.05) is 5.38 Å². The van der Waals surface area contributed by atoms with E-state index in [1.54, 1.807) is 11.3 Å². The van der Waals surface area contributed by atoms with Gasteiger partial charge in [-0.1, -0.05) is 30.3 Å². The van der Waals surface area contributed by atoms with Crippen molar-refractivity contribution in [2.24, 2.45) is 0 Å². The minimum atomic E-state index is -0.0846. The third-order valence-corrected chi connectivity index (χ3v) is 4.81. The Labute approximate surface area is 129 Å². The summed E-state index contributed by atoms with van der Waals surface area (Å²) in [6.45, 7) is 0. The first-order valence-electron chi connectivity index (χ1n) is 7.38. The Morgan fingerprint density at radius 1 is 1.19 bits per heavy atom. The van der Waals surface area contributed by atoms with Crippen molar-refractivity contribution in [1.82, 2.24) is 5.32 Å². The number of hydrogen-bond acceptors (Lipinski definition) is 3. The van der Waals surface area contributed by atoms with Crippen molar-refractivity contribution in [3.05, 3.63) is 52.7 Å². The Kier molecular flexibility index (Phi) is 4.36. The molecule has 1 aliphatic heterocycles. The number of nitrogens with one attached hydrogen (secondary N) is 1. The monoisotopic (exact) mass is 300 g/mol. The summed E-state index contributed by atoms with van der Waals surface area (Å²) >= 11 is 1.63. The lowest BCUT2D eigenvalue weighted by Crippen LogP contribution is -2.45. The molecule has 2 heterocycles. The topological polar surface area (TPSA) is 32.3 Å². The standard InChI is InChI=1S/C17H20N2OS/c1-18-15-8-5-9-16(13-6-3-2-4-7-13)19(17(15)20)14-10-11-21-12-14/h2-4,6-7,10-12,15-16,18H,5,8-9H2,1H3. The summed E-state index contributed by atoms with van der Waals surface area (Å²) < 4.78 is 0. The Morgan fingerprint density at radius 3 is 2.67 bits per heavy atom. The normalized spacial score (nSPS) is 23.1. The number of carbonyl (C=O) groups excluding carboxylic acids is 1. The number of nitrogens with zero attached hydrogens (tertiary/aromatic N) is 1. The van der Waals surface area contributed by atoms with E-state index in [1.165, 1.54) is 5.56 Å². The van der Waals surface area contributed by atoms with E-state index in [4.69, 9.17) is 0 Å². The lowest BCUT2D eigenvalue weighted by atomic mass is 10.0. The van der Waals surface area contributed by atoms with Gasteiger partial charge in [0.25, 0.3) is 0 Å². The smallest absolute Gasteiger partial charge is 0.244 e. The third-order valence-electron chi connectivity index (χ3n) is 4.13. The van der Waals surface area contributed by atoms with Gasteiger partial charge in [-0.15, -0.1) is 0 Å². The van der Waals surface area contributed by atoms with Gasteiger partial charge in [-0.25, -0.2) is 0 Å². The maximum atomic E-state index is 12.9. The molecule has 1 amide bonds. The first-order chi connectivity index (χ1) is 10.3. The summed E-state index contributed by atoms with van der Waals surface area (Å²) in [5.74, 6) is 0.183. The Hall–Kier alpha value is -1.65. The highest BCUT2D eigenvalue weighted by atomic mass is 32.1. The zero-order chi connectivity index (χ0) is 14.7. The lowest BCUT2D eigenvalue weighted by Gasteiger charge is -2.31. The van der Waals surface area contributed by atoms with Crippen LogP contribution in [0.3, 0.4) is 0 Å². The molecule has 3 nitrogen and oxygen atoms in total. The zero-order valence-corrected chi connectivity index (χ0v) is 13.0. The van der Waals surface area contributed by atoms with Gasteiger partial charge in [0.05, 0.1) is 17.8 Å². The molecule has 110 valence electrons. The molecule has 1 aliphatic rings. The van der Waals surface area contributed by atoms with E-state index < -0.39 is 0 Å². The van der Waals surface area contributed by atoms with Gasteiger partial charge in [0.15, 0.2) is 0 Å². The number of likely N-dealkylation sites (N-methyl/N-ethyl adjacent to an activating group) is 1. The molecule has 0 radical (unpaired) electrons. The van der Waals surface area contributed by atoms with Crippen molar-refractivity contribution in [1.29, 1.82) is 0 Å². The average molecular weight is 300 g/mol. The Bertz CT molecular complexity index is 582. The molecule has 1 N–H and O–H groups in total. The van der Waals surface area contributed by atoms with Crippen molar-refractivity contribution < 1.29 is 4.79 Å². The largest absolute Gasteiger partial charge is 0.309 e. The van der Waals surface area contributed by atoms with E-state index in [2.05, 4.69) is 22.8 Å². The molecule has 3 rings (SSSR count). The van der Waals surface area contributed by atoms with Crippen molar-refractivity contribution in [2.75, 3.05) is 11.9 Å². The van der Waals surface area contributed by atoms with Crippen LogP contribution in [0.4, 0.5) is 5.69 Å². The van der Waals surface area contributed by atoms with Crippen LogP contribution in [0.1, 0.15) is 30.9 Å². The van der Waals surface area contributed by atoms with Crippen LogP contribution in [-0.2, 0) is 4.79 Å². The van der Waals surface area contributed by atoms with E-state index in [0.717, 1.165) is 24.9 Å². The second-order valence-corrected chi connectivity index (χ2v) is 6.17. The van der Waals surface area contributed by atoms with Crippen LogP contribution in [0.25, 0.3) is 0 Å². The van der Waals surface area contributed by atoms with Crippen LogP contribution in [0.15, 0.2) is 47.2 Å². The van der Waals surface area contributed by atoms with Crippen LogP contribution < -0.4 is 10.2 Å². The molecule has 0 spiro atoms. The SMILES string of the molecule is CNC1CCCC(c2ccccc2)N(c2ccsc2)C1=O. The van der Waals surface area contributed by atoms with Crippen LogP contribution in [0.5, 0.6) is 0 Å². The predicted octanol–water partition coefficient (Wildman–Crippen LogP) is 3.59. The van der Waals surface area contributed by atoms with Crippen molar-refractivity contribution in [3.8, 4) is 0 Å². The minimum absolute atomic E-state index is 0.0846. The summed E-state index contributed by atoms with van der Waals surface area (Å²) in [6.07, 6.45) is 2.96. The molecular weight excluding hydrogens is 280 g/mol. The van der Waals surface area contributed by atoms with Gasteiger partial charge in [-0.2, -0.15) is 11.3 Å². The minimum Gasteiger partial charge on any atom is -0.309 e. The van der Waals surface area contributed by atoms with Gasteiger partial charge < -0.3 is 10.2 Å². The second kappa shape index (κ2) is 6.41. The van der Waals surface area contributed by atoms with Crippen LogP contribution in [0.2, 0.25) is 0 Å². The molecule has 1 saturated heterocycles. The van der Waals surface area contributed by atoms with Crippen LogP contribution in [0, 0.1) is 0 Å². The van der Waals surface area contributed by atoms with Crippen molar-refractivity contribution in [2.45, 2.75) is 31.3 Å². The van der Waals surface area contributed by atoms with Crippen LogP contribution >= 0.6 is 11.3 Å². The van der Waals surface area contributed by atoms with Gasteiger partial charge in [-0.05, 0) is 43.3 Å². The highest BCUT2D eigenvalue weighted by Gasteiger charge is 2.34. The maximum Gasteiger partial charge on any atom is 0.244 e. The highest BCUT2D eigenvalue weighted by molar-refractivity contribution is 7.08. The number of rotatable bonds is 3. The van der Waals surface area contributed by atoms with Crippen molar-refractivity contribution >= 4 is 22.9 Å². The van der Waals surface area contributed by atoms with E-state index in [1.807, 2.05) is 41.6 Å². The summed E-state index contributed by atoms with van der Waals surface area (Å²) in [6, 6.07) is 12.4. The molecule has 2 aromatic rings. The summed E-state index contributed by atoms with van der Waals surface area (Å²) in [5.41, 5.74) is 2.23. The molecule has 4 heteroatoms. The molecule has 1 fully saturated rings. The van der Waals surface area contributed by atoms with Gasteiger partial charge in [0.1, 0.15) is 0 Å². The number of carbonyl (C=O) groups is 1. The molecular formula is C17H20N2OS. The summed E-state index contributed by atoms with van der Waals surface area (Å²) in [5, 5.41) is 7.26. The van der Waals surface area contributed by atoms with Gasteiger partial charge in [-0.3, -0.25) is 4.79 Å². The summed E-state index contributed by atoms with van der Waals surface area (Å²) in [4.78, 5) is 14.9. The first kappa shape index (κ1) is 14.3. The average Bonchev–Trinajstić information content (AvgIpc) is 2.99. The fourth-order valence-electron chi connectivity index (χ4n) is 3.05. The Morgan fingerprint density at radius 2 is 2.00 bits per heavy atom. The first-order valence-corrected chi connectivity index (χ1v) is 8.33. The lowest BCUT2D eigenvalue weighted by molar-refractivity contribution is -0.120. The Balaban J connectivity index is 2.02. The van der Waals surface area contributed by atoms with Crippen molar-refractivity contribution in [3.63, 3.8) is 0 Å². The van der Waals surface area contributed by atoms with E-state index in [-0.39, 0.29) is 18.0 Å². The number of anilines is 1. The fraction of sp³-hybridized carbons (Fsp3) is 0.353. The maximum absolute atomic E-state index is 12.9. The summed E-state index contributed by atoms with van der Waals surface area (Å²) in [7, 11) is 1.87. The molecule has 21 heavy (non-hydrogen) atoms. The molecule has 1 aromatic heterocycles. The van der Waals surface area contributed by atoms with Gasteiger partial charge >= 0.3 is 0 Å². The molecule has 2 atom stereocenters. The number of amides is 1. The third kappa shape index (κ3) is 2.87. The van der Waals surface area contributed by atoms with E-state index >= 15 is 0 Å². The second-order valence-electron chi connectivity index (χ2n) is 5.39. The zero-order valence-electron chi connectivity index (χ0n) is 12.2. The van der Waals surface area contributed by atoms with E-state index in [9.17, 15) is 4.79 Å². The number of benzene rings is 1. The van der Waals surface area contributed by atoms with Crippen LogP contribution in [-0.4, -0.2) is 19.0 Å². The quantitative estimate of drug-likeness (QED) is 0.939. The van der Waals surface area contributed by atoms with E-state index in [0.29, 0.717) is 0 Å². The predicted molar refractivity (Wildman–Crippen MR) is 87.7 cm³/mol. The number of hydrogen-bond donors (Lipinski definition) is 1. The molecule has 2 unspecified atom stereocenters. The molecule has 0 saturated carbocycles. The molecule has 0 bridgehead atoms. The fourth-order valence-corrected chi connectivity index (χ4v) is 3.68. The molecule has 1 aromatic carbocycles.